The van der Waals surface area contributed by atoms with Gasteiger partial charge in [0.2, 0.25) is 0 Å². The Hall–Kier alpha value is -3.99. The van der Waals surface area contributed by atoms with Gasteiger partial charge < -0.3 is 24.6 Å². The van der Waals surface area contributed by atoms with Crippen LogP contribution in [0.1, 0.15) is 41.6 Å². The fraction of sp³-hybridized carbons (Fsp3) is 0.243. The Balaban J connectivity index is 1.23. The number of nitrogens with one attached hydrogen (secondary N) is 1. The number of rotatable bonds is 11. The number of hydrogen-bond acceptors (Lipinski definition) is 8. The van der Waals surface area contributed by atoms with Crippen molar-refractivity contribution in [3.05, 3.63) is 132 Å². The molecule has 1 saturated heterocycles. The molecule has 1 fully saturated rings. The van der Waals surface area contributed by atoms with Gasteiger partial charge >= 0.3 is 6.09 Å². The van der Waals surface area contributed by atoms with Crippen LogP contribution in [0.5, 0.6) is 0 Å². The molecule has 0 aliphatic carbocycles. The Morgan fingerprint density at radius 1 is 0.978 bits per heavy atom. The topological polar surface area (TPSA) is 89.9 Å². The summed E-state index contributed by atoms with van der Waals surface area (Å²) in [4.78, 5) is 16.7. The maximum absolute atomic E-state index is 11.9. The zero-order chi connectivity index (χ0) is 31.9. The smallest absolute Gasteiger partial charge is 0.407 e. The van der Waals surface area contributed by atoms with E-state index in [9.17, 15) is 9.90 Å². The number of carbonyl (C=O) groups excluding carboxylic acids is 1. The van der Waals surface area contributed by atoms with Gasteiger partial charge in [-0.1, -0.05) is 104 Å². The van der Waals surface area contributed by atoms with Gasteiger partial charge in [0, 0.05) is 23.8 Å². The lowest BCUT2D eigenvalue weighted by atomic mass is 9.91. The first kappa shape index (κ1) is 32.0. The van der Waals surface area contributed by atoms with E-state index in [1.54, 1.807) is 23.1 Å². The highest BCUT2D eigenvalue weighted by molar-refractivity contribution is 8.01. The molecule has 0 spiro atoms. The summed E-state index contributed by atoms with van der Waals surface area (Å²) in [5.41, 5.74) is 6.84. The van der Waals surface area contributed by atoms with Crippen LogP contribution < -0.4 is 5.32 Å². The molecule has 236 valence electrons. The van der Waals surface area contributed by atoms with Gasteiger partial charge in [0.1, 0.15) is 6.61 Å². The van der Waals surface area contributed by atoms with E-state index >= 15 is 0 Å². The highest BCUT2D eigenvalue weighted by atomic mass is 32.2. The number of thioether (sulfide) groups is 1. The third-order valence-corrected chi connectivity index (χ3v) is 10.2. The van der Waals surface area contributed by atoms with Crippen molar-refractivity contribution in [1.29, 1.82) is 0 Å². The third-order valence-electron chi connectivity index (χ3n) is 7.96. The summed E-state index contributed by atoms with van der Waals surface area (Å²) >= 11 is 3.42. The van der Waals surface area contributed by atoms with Gasteiger partial charge in [-0.05, 0) is 52.1 Å². The Labute approximate surface area is 277 Å². The molecule has 4 atom stereocenters. The number of aromatic nitrogens is 1. The number of alkyl carbamates (subject to hydrolysis) is 1. The first-order chi connectivity index (χ1) is 22.5. The SMILES string of the molecule is C=CCOC(=O)NCc1cccc(-c2cccc([C@@H]3O[C@H](CSc4nc5ccccc5s4)[C@H](C)[C@H](c4ccc(CO)cc4)O3)c2)c1. The number of para-hydroxylation sites is 1. The van der Waals surface area contributed by atoms with Gasteiger partial charge in [-0.2, -0.15) is 0 Å². The number of thiazole rings is 1. The van der Waals surface area contributed by atoms with E-state index in [1.807, 2.05) is 72.8 Å². The molecule has 5 aromatic rings. The van der Waals surface area contributed by atoms with Crippen LogP contribution in [0.25, 0.3) is 21.3 Å². The highest BCUT2D eigenvalue weighted by Gasteiger charge is 2.38. The highest BCUT2D eigenvalue weighted by Crippen LogP contribution is 2.44. The molecule has 7 nitrogen and oxygen atoms in total. The van der Waals surface area contributed by atoms with E-state index in [4.69, 9.17) is 19.2 Å². The zero-order valence-electron chi connectivity index (χ0n) is 25.5. The van der Waals surface area contributed by atoms with E-state index < -0.39 is 12.4 Å². The van der Waals surface area contributed by atoms with E-state index in [0.717, 1.165) is 49.0 Å². The van der Waals surface area contributed by atoms with Crippen molar-refractivity contribution < 1.29 is 24.1 Å². The van der Waals surface area contributed by atoms with Crippen molar-refractivity contribution >= 4 is 39.4 Å². The number of aliphatic hydroxyl groups is 1. The summed E-state index contributed by atoms with van der Waals surface area (Å²) in [6, 6.07) is 32.4. The van der Waals surface area contributed by atoms with Gasteiger partial charge in [0.15, 0.2) is 10.6 Å². The van der Waals surface area contributed by atoms with Crippen LogP contribution in [0.4, 0.5) is 4.79 Å². The van der Waals surface area contributed by atoms with Crippen LogP contribution in [-0.2, 0) is 27.4 Å². The molecule has 0 unspecified atom stereocenters. The van der Waals surface area contributed by atoms with Crippen molar-refractivity contribution in [3.8, 4) is 11.1 Å². The van der Waals surface area contributed by atoms with Crippen molar-refractivity contribution in [2.45, 2.75) is 42.9 Å². The van der Waals surface area contributed by atoms with Crippen LogP contribution in [0.2, 0.25) is 0 Å². The first-order valence-electron chi connectivity index (χ1n) is 15.2. The fourth-order valence-corrected chi connectivity index (χ4v) is 7.72. The summed E-state index contributed by atoms with van der Waals surface area (Å²) < 4.78 is 20.6. The minimum Gasteiger partial charge on any atom is -0.445 e. The molecule has 1 aliphatic heterocycles. The lowest BCUT2D eigenvalue weighted by molar-refractivity contribution is -0.268. The number of hydrogen-bond donors (Lipinski definition) is 2. The van der Waals surface area contributed by atoms with Crippen molar-refractivity contribution in [1.82, 2.24) is 10.3 Å². The largest absolute Gasteiger partial charge is 0.445 e. The molecule has 1 aromatic heterocycles. The Bertz CT molecular complexity index is 1760. The summed E-state index contributed by atoms with van der Waals surface area (Å²) in [6.07, 6.45) is 0.170. The Morgan fingerprint density at radius 3 is 2.54 bits per heavy atom. The van der Waals surface area contributed by atoms with Crippen LogP contribution in [0.15, 0.2) is 114 Å². The van der Waals surface area contributed by atoms with E-state index in [1.165, 1.54) is 10.8 Å². The molecule has 2 heterocycles. The third kappa shape index (κ3) is 7.68. The van der Waals surface area contributed by atoms with Crippen molar-refractivity contribution in [3.63, 3.8) is 0 Å². The van der Waals surface area contributed by atoms with Gasteiger partial charge in [0.25, 0.3) is 0 Å². The lowest BCUT2D eigenvalue weighted by Crippen LogP contribution is -2.38. The van der Waals surface area contributed by atoms with Crippen LogP contribution in [-0.4, -0.2) is 34.6 Å². The predicted molar refractivity (Wildman–Crippen MR) is 184 cm³/mol. The number of aliphatic hydroxyl groups excluding tert-OH is 1. The maximum atomic E-state index is 11.9. The lowest BCUT2D eigenvalue weighted by Gasteiger charge is -2.41. The number of carbonyl (C=O) groups is 1. The molecule has 2 N–H and O–H groups in total. The van der Waals surface area contributed by atoms with Gasteiger partial charge in [-0.25, -0.2) is 9.78 Å². The minimum absolute atomic E-state index is 0.00201. The van der Waals surface area contributed by atoms with Crippen LogP contribution in [0, 0.1) is 5.92 Å². The van der Waals surface area contributed by atoms with E-state index in [2.05, 4.69) is 43.1 Å². The number of ether oxygens (including phenoxy) is 3. The molecular formula is C37H36N2O5S2. The van der Waals surface area contributed by atoms with Crippen molar-refractivity contribution in [2.24, 2.45) is 5.92 Å². The molecule has 46 heavy (non-hydrogen) atoms. The molecule has 1 amide bonds. The zero-order valence-corrected chi connectivity index (χ0v) is 27.1. The second-order valence-electron chi connectivity index (χ2n) is 11.1. The summed E-state index contributed by atoms with van der Waals surface area (Å²) in [5.74, 6) is 0.805. The number of benzene rings is 4. The van der Waals surface area contributed by atoms with Gasteiger partial charge in [-0.3, -0.25) is 0 Å². The molecule has 0 bridgehead atoms. The monoisotopic (exact) mass is 652 g/mol. The number of amides is 1. The average molecular weight is 653 g/mol. The predicted octanol–water partition coefficient (Wildman–Crippen LogP) is 8.45. The number of nitrogens with zero attached hydrogens (tertiary/aromatic N) is 1. The Kier molecular flexibility index (Phi) is 10.5. The van der Waals surface area contributed by atoms with Crippen molar-refractivity contribution in [2.75, 3.05) is 12.4 Å². The van der Waals surface area contributed by atoms with E-state index in [0.29, 0.717) is 6.54 Å². The average Bonchev–Trinajstić information content (AvgIpc) is 3.53. The second-order valence-corrected chi connectivity index (χ2v) is 13.4. The quantitative estimate of drug-likeness (QED) is 0.109. The molecule has 0 saturated carbocycles. The standard InChI is InChI=1S/C37H36N2O5S2/c1-3-18-42-36(41)38-21-26-8-6-9-28(19-26)29-10-7-11-30(20-29)35-43-32(23-45-37-39-31-12-4-5-13-33(31)46-37)24(2)34(44-35)27-16-14-25(22-40)15-17-27/h3-17,19-20,24,32,34-35,40H,1,18,21-23H2,2H3,(H,38,41)/t24-,32+,34+,35+/m0/s1. The fourth-order valence-electron chi connectivity index (χ4n) is 5.46. The molecule has 4 aromatic carbocycles. The van der Waals surface area contributed by atoms with Crippen LogP contribution >= 0.6 is 23.1 Å². The van der Waals surface area contributed by atoms with Crippen LogP contribution in [0.3, 0.4) is 0 Å². The Morgan fingerprint density at radius 2 is 1.76 bits per heavy atom. The molecule has 1 aliphatic rings. The first-order valence-corrected chi connectivity index (χ1v) is 17.0. The molecule has 9 heteroatoms. The molecular weight excluding hydrogens is 617 g/mol. The van der Waals surface area contributed by atoms with Gasteiger partial charge in [0.05, 0.1) is 29.0 Å². The second kappa shape index (κ2) is 15.1. The number of fused-ring (bicyclic) bond motifs is 1. The molecule has 6 rings (SSSR count). The minimum atomic E-state index is -0.580. The van der Waals surface area contributed by atoms with Gasteiger partial charge in [-0.15, -0.1) is 11.3 Å². The van der Waals surface area contributed by atoms with E-state index in [-0.39, 0.29) is 31.3 Å². The summed E-state index contributed by atoms with van der Waals surface area (Å²) in [7, 11) is 0. The maximum Gasteiger partial charge on any atom is 0.407 e. The normalized spacial score (nSPS) is 19.5. The summed E-state index contributed by atoms with van der Waals surface area (Å²) in [5, 5.41) is 12.4. The summed E-state index contributed by atoms with van der Waals surface area (Å²) in [6.45, 7) is 6.25. The molecule has 0 radical (unpaired) electrons.